The van der Waals surface area contributed by atoms with Gasteiger partial charge in [-0.1, -0.05) is 0 Å². The highest BCUT2D eigenvalue weighted by Crippen LogP contribution is 2.10. The Labute approximate surface area is 145 Å². The second kappa shape index (κ2) is 9.44. The standard InChI is InChI=1S/C15H21FN2O6S/c1-10(15(20)24-11(2)14(19)17-8-9-23-3)18-25(21,22)13-6-4-12(16)5-7-13/h4-7,10-11,18H,8-9H2,1-3H3,(H,17,19)/t10-,11+/m0/s1. The van der Waals surface area contributed by atoms with Crippen LogP contribution in [0.25, 0.3) is 0 Å². The lowest BCUT2D eigenvalue weighted by atomic mass is 10.3. The minimum atomic E-state index is -4.03. The van der Waals surface area contributed by atoms with Gasteiger partial charge in [0.25, 0.3) is 5.91 Å². The van der Waals surface area contributed by atoms with Crippen LogP contribution < -0.4 is 10.0 Å². The summed E-state index contributed by atoms with van der Waals surface area (Å²) in [6.07, 6.45) is -1.10. The van der Waals surface area contributed by atoms with Crippen LogP contribution in [0.4, 0.5) is 4.39 Å². The fourth-order valence-electron chi connectivity index (χ4n) is 1.71. The molecule has 0 fully saturated rings. The van der Waals surface area contributed by atoms with Gasteiger partial charge in [-0.15, -0.1) is 0 Å². The molecule has 1 aromatic rings. The van der Waals surface area contributed by atoms with E-state index in [1.54, 1.807) is 0 Å². The number of amides is 1. The summed E-state index contributed by atoms with van der Waals surface area (Å²) >= 11 is 0. The number of carbonyl (C=O) groups excluding carboxylic acids is 2. The summed E-state index contributed by atoms with van der Waals surface area (Å²) in [7, 11) is -2.55. The number of carbonyl (C=O) groups is 2. The number of ether oxygens (including phenoxy) is 2. The van der Waals surface area contributed by atoms with Crippen molar-refractivity contribution in [2.75, 3.05) is 20.3 Å². The number of methoxy groups -OCH3 is 1. The van der Waals surface area contributed by atoms with Gasteiger partial charge in [0.2, 0.25) is 10.0 Å². The third kappa shape index (κ3) is 6.77. The van der Waals surface area contributed by atoms with Crippen molar-refractivity contribution >= 4 is 21.9 Å². The molecule has 1 rings (SSSR count). The molecule has 0 saturated carbocycles. The summed E-state index contributed by atoms with van der Waals surface area (Å²) < 4.78 is 48.9. The lowest BCUT2D eigenvalue weighted by Crippen LogP contribution is -2.43. The van der Waals surface area contributed by atoms with E-state index in [2.05, 4.69) is 10.0 Å². The van der Waals surface area contributed by atoms with Crippen LogP contribution in [0, 0.1) is 5.82 Å². The number of halogens is 1. The number of rotatable bonds is 9. The predicted molar refractivity (Wildman–Crippen MR) is 86.6 cm³/mol. The zero-order valence-corrected chi connectivity index (χ0v) is 14.9. The number of benzene rings is 1. The molecule has 0 aliphatic heterocycles. The number of esters is 1. The topological polar surface area (TPSA) is 111 Å². The average molecular weight is 376 g/mol. The highest BCUT2D eigenvalue weighted by Gasteiger charge is 2.26. The monoisotopic (exact) mass is 376 g/mol. The quantitative estimate of drug-likeness (QED) is 0.470. The molecule has 1 amide bonds. The van der Waals surface area contributed by atoms with E-state index in [0.717, 1.165) is 24.3 Å². The average Bonchev–Trinajstić information content (AvgIpc) is 2.54. The van der Waals surface area contributed by atoms with Gasteiger partial charge >= 0.3 is 5.97 Å². The number of hydrogen-bond donors (Lipinski definition) is 2. The van der Waals surface area contributed by atoms with E-state index in [1.807, 2.05) is 0 Å². The van der Waals surface area contributed by atoms with Gasteiger partial charge in [-0.2, -0.15) is 4.72 Å². The Morgan fingerprint density at radius 2 is 1.80 bits per heavy atom. The third-order valence-electron chi connectivity index (χ3n) is 3.08. The van der Waals surface area contributed by atoms with Crippen LogP contribution in [0.2, 0.25) is 0 Å². The minimum Gasteiger partial charge on any atom is -0.451 e. The summed E-state index contributed by atoms with van der Waals surface area (Å²) in [6, 6.07) is 2.89. The zero-order chi connectivity index (χ0) is 19.0. The van der Waals surface area contributed by atoms with Crippen LogP contribution in [-0.4, -0.2) is 52.7 Å². The van der Waals surface area contributed by atoms with Gasteiger partial charge in [0.05, 0.1) is 11.5 Å². The molecule has 0 spiro atoms. The van der Waals surface area contributed by atoms with Gasteiger partial charge in [0.1, 0.15) is 11.9 Å². The van der Waals surface area contributed by atoms with Gasteiger partial charge in [-0.05, 0) is 38.1 Å². The molecule has 0 aliphatic carbocycles. The zero-order valence-electron chi connectivity index (χ0n) is 14.1. The first-order valence-electron chi connectivity index (χ1n) is 7.42. The molecule has 0 radical (unpaired) electrons. The van der Waals surface area contributed by atoms with E-state index in [9.17, 15) is 22.4 Å². The highest BCUT2D eigenvalue weighted by atomic mass is 32.2. The Morgan fingerprint density at radius 1 is 1.20 bits per heavy atom. The van der Waals surface area contributed by atoms with E-state index in [0.29, 0.717) is 6.61 Å². The summed E-state index contributed by atoms with van der Waals surface area (Å²) in [5.74, 6) is -2.03. The van der Waals surface area contributed by atoms with Crippen LogP contribution in [0.15, 0.2) is 29.2 Å². The van der Waals surface area contributed by atoms with E-state index in [1.165, 1.54) is 21.0 Å². The fraction of sp³-hybridized carbons (Fsp3) is 0.467. The summed E-state index contributed by atoms with van der Waals surface area (Å²) in [6.45, 7) is 3.20. The summed E-state index contributed by atoms with van der Waals surface area (Å²) in [4.78, 5) is 23.4. The second-order valence-corrected chi connectivity index (χ2v) is 6.87. The van der Waals surface area contributed by atoms with E-state index >= 15 is 0 Å². The molecule has 0 aromatic heterocycles. The number of hydrogen-bond acceptors (Lipinski definition) is 6. The van der Waals surface area contributed by atoms with Crippen LogP contribution >= 0.6 is 0 Å². The Balaban J connectivity index is 2.61. The molecule has 0 bridgehead atoms. The smallest absolute Gasteiger partial charge is 0.324 e. The molecule has 0 heterocycles. The second-order valence-electron chi connectivity index (χ2n) is 5.16. The first-order chi connectivity index (χ1) is 11.7. The van der Waals surface area contributed by atoms with Crippen LogP contribution in [0.5, 0.6) is 0 Å². The van der Waals surface area contributed by atoms with Crippen molar-refractivity contribution in [2.45, 2.75) is 30.9 Å². The van der Waals surface area contributed by atoms with Crippen molar-refractivity contribution in [1.82, 2.24) is 10.0 Å². The molecule has 10 heteroatoms. The molecule has 1 aromatic carbocycles. The van der Waals surface area contributed by atoms with Crippen molar-refractivity contribution in [3.8, 4) is 0 Å². The van der Waals surface area contributed by atoms with Gasteiger partial charge in [-0.3, -0.25) is 9.59 Å². The number of sulfonamides is 1. The maximum Gasteiger partial charge on any atom is 0.324 e. The van der Waals surface area contributed by atoms with Crippen molar-refractivity contribution < 1.29 is 31.9 Å². The maximum absolute atomic E-state index is 12.9. The molecule has 140 valence electrons. The first kappa shape index (κ1) is 21.0. The summed E-state index contributed by atoms with van der Waals surface area (Å²) in [5, 5.41) is 2.49. The number of nitrogens with one attached hydrogen (secondary N) is 2. The molecule has 2 N–H and O–H groups in total. The van der Waals surface area contributed by atoms with Crippen molar-refractivity contribution in [3.63, 3.8) is 0 Å². The Kier molecular flexibility index (Phi) is 7.94. The van der Waals surface area contributed by atoms with Crippen LogP contribution in [-0.2, 0) is 29.1 Å². The van der Waals surface area contributed by atoms with E-state index < -0.39 is 39.9 Å². The minimum absolute atomic E-state index is 0.195. The Bertz CT molecular complexity index is 692. The molecular formula is C15H21FN2O6S. The maximum atomic E-state index is 12.9. The largest absolute Gasteiger partial charge is 0.451 e. The molecule has 25 heavy (non-hydrogen) atoms. The predicted octanol–water partition coefficient (Wildman–Crippen LogP) is 0.187. The van der Waals surface area contributed by atoms with Gasteiger partial charge in [-0.25, -0.2) is 12.8 Å². The van der Waals surface area contributed by atoms with Crippen molar-refractivity contribution in [1.29, 1.82) is 0 Å². The Hall–Kier alpha value is -2.04. The van der Waals surface area contributed by atoms with Crippen molar-refractivity contribution in [2.24, 2.45) is 0 Å². The highest BCUT2D eigenvalue weighted by molar-refractivity contribution is 7.89. The Morgan fingerprint density at radius 3 is 2.36 bits per heavy atom. The van der Waals surface area contributed by atoms with Crippen LogP contribution in [0.1, 0.15) is 13.8 Å². The van der Waals surface area contributed by atoms with E-state index in [4.69, 9.17) is 9.47 Å². The molecular weight excluding hydrogens is 355 g/mol. The van der Waals surface area contributed by atoms with Gasteiger partial charge in [0.15, 0.2) is 6.10 Å². The first-order valence-corrected chi connectivity index (χ1v) is 8.90. The summed E-state index contributed by atoms with van der Waals surface area (Å²) in [5.41, 5.74) is 0. The molecule has 0 aliphatic rings. The van der Waals surface area contributed by atoms with E-state index in [-0.39, 0.29) is 11.4 Å². The van der Waals surface area contributed by atoms with Gasteiger partial charge in [0, 0.05) is 13.7 Å². The molecule has 0 unspecified atom stereocenters. The van der Waals surface area contributed by atoms with Crippen molar-refractivity contribution in [3.05, 3.63) is 30.1 Å². The SMILES string of the molecule is COCCNC(=O)[C@@H](C)OC(=O)[C@H](C)NS(=O)(=O)c1ccc(F)cc1. The molecule has 2 atom stereocenters. The lowest BCUT2D eigenvalue weighted by molar-refractivity contribution is -0.156. The fourth-order valence-corrected chi connectivity index (χ4v) is 2.90. The molecule has 0 saturated heterocycles. The normalized spacial score (nSPS) is 13.8. The third-order valence-corrected chi connectivity index (χ3v) is 4.63. The van der Waals surface area contributed by atoms with Crippen LogP contribution in [0.3, 0.4) is 0 Å². The van der Waals surface area contributed by atoms with Gasteiger partial charge < -0.3 is 14.8 Å². The lowest BCUT2D eigenvalue weighted by Gasteiger charge is -2.17. The molecule has 8 nitrogen and oxygen atoms in total.